The molecule has 0 spiro atoms. The molecule has 44 heavy (non-hydrogen) atoms. The van der Waals surface area contributed by atoms with Crippen LogP contribution in [-0.4, -0.2) is 19.6 Å². The zero-order valence-corrected chi connectivity index (χ0v) is 27.0. The Labute approximate surface area is 261 Å². The summed E-state index contributed by atoms with van der Waals surface area (Å²) in [6.45, 7) is 17.8. The molecule has 6 aromatic rings. The van der Waals surface area contributed by atoms with E-state index in [-0.39, 0.29) is 16.6 Å². The Morgan fingerprint density at radius 3 is 1.91 bits per heavy atom. The standard InChI is InChI=1S/C40H41N3O/c1-25-17-26(2)19-31(18-25)43-35-24-30(40(6,7)8)23-33(37(35)42-38(43)32-13-9-10-15-36(32)44)27-20-28(34-14-11-12-16-41-34)22-29(21-27)39(3,4)5/h9-24,44H,1-8H3. The molecule has 4 nitrogen and oxygen atoms in total. The molecule has 0 saturated heterocycles. The van der Waals surface area contributed by atoms with Gasteiger partial charge in [0.15, 0.2) is 0 Å². The van der Waals surface area contributed by atoms with Crippen LogP contribution in [0.15, 0.2) is 97.2 Å². The molecule has 6 rings (SSSR count). The lowest BCUT2D eigenvalue weighted by molar-refractivity contribution is 0.477. The van der Waals surface area contributed by atoms with E-state index in [2.05, 4.69) is 115 Å². The largest absolute Gasteiger partial charge is 0.507 e. The minimum Gasteiger partial charge on any atom is -0.507 e. The van der Waals surface area contributed by atoms with E-state index in [0.717, 1.165) is 39.1 Å². The SMILES string of the molecule is Cc1cc(C)cc(-n2c(-c3ccccc3O)nc3c(-c4cc(-c5ccccn5)cc(C(C)(C)C)c4)cc(C(C)(C)C)cc32)c1. The van der Waals surface area contributed by atoms with Gasteiger partial charge in [-0.1, -0.05) is 71.9 Å². The number of benzene rings is 4. The molecule has 4 heteroatoms. The van der Waals surface area contributed by atoms with E-state index in [0.29, 0.717) is 11.4 Å². The van der Waals surface area contributed by atoms with Crippen molar-refractivity contribution in [3.63, 3.8) is 0 Å². The van der Waals surface area contributed by atoms with E-state index in [1.165, 1.54) is 22.3 Å². The highest BCUT2D eigenvalue weighted by atomic mass is 16.3. The molecule has 0 unspecified atom stereocenters. The van der Waals surface area contributed by atoms with Crippen molar-refractivity contribution in [3.05, 3.63) is 119 Å². The normalized spacial score (nSPS) is 12.2. The molecule has 222 valence electrons. The average molecular weight is 580 g/mol. The molecule has 0 radical (unpaired) electrons. The van der Waals surface area contributed by atoms with Crippen molar-refractivity contribution in [3.8, 4) is 45.2 Å². The number of phenols is 1. The molecule has 0 amide bonds. The van der Waals surface area contributed by atoms with E-state index in [9.17, 15) is 5.11 Å². The summed E-state index contributed by atoms with van der Waals surface area (Å²) in [6, 6.07) is 31.5. The van der Waals surface area contributed by atoms with Crippen molar-refractivity contribution in [2.24, 2.45) is 0 Å². The Bertz CT molecular complexity index is 1980. The van der Waals surface area contributed by atoms with Gasteiger partial charge in [-0.2, -0.15) is 0 Å². The second-order valence-corrected chi connectivity index (χ2v) is 14.0. The van der Waals surface area contributed by atoms with Gasteiger partial charge < -0.3 is 5.11 Å². The van der Waals surface area contributed by atoms with E-state index in [4.69, 9.17) is 9.97 Å². The number of imidazole rings is 1. The molecular formula is C40H41N3O. The fourth-order valence-electron chi connectivity index (χ4n) is 5.91. The number of para-hydroxylation sites is 1. The van der Waals surface area contributed by atoms with Crippen LogP contribution in [0.25, 0.3) is 50.5 Å². The summed E-state index contributed by atoms with van der Waals surface area (Å²) >= 11 is 0. The maximum Gasteiger partial charge on any atom is 0.149 e. The minimum absolute atomic E-state index is 0.0697. The second-order valence-electron chi connectivity index (χ2n) is 14.0. The molecule has 0 aliphatic carbocycles. The number of rotatable bonds is 4. The van der Waals surface area contributed by atoms with Crippen LogP contribution in [0.3, 0.4) is 0 Å². The monoisotopic (exact) mass is 579 g/mol. The maximum absolute atomic E-state index is 11.1. The number of nitrogens with zero attached hydrogens (tertiary/aromatic N) is 3. The third-order valence-corrected chi connectivity index (χ3v) is 8.31. The second kappa shape index (κ2) is 10.8. The Kier molecular flexibility index (Phi) is 7.20. The van der Waals surface area contributed by atoms with Crippen LogP contribution < -0.4 is 0 Å². The first-order valence-corrected chi connectivity index (χ1v) is 15.3. The number of phenolic OH excluding ortho intramolecular Hbond substituents is 1. The van der Waals surface area contributed by atoms with E-state index < -0.39 is 0 Å². The molecule has 1 N–H and O–H groups in total. The first-order chi connectivity index (χ1) is 20.8. The van der Waals surface area contributed by atoms with Gasteiger partial charge in [0.2, 0.25) is 0 Å². The Morgan fingerprint density at radius 2 is 1.27 bits per heavy atom. The van der Waals surface area contributed by atoms with Gasteiger partial charge in [0.25, 0.3) is 0 Å². The summed E-state index contributed by atoms with van der Waals surface area (Å²) in [5.41, 5.74) is 12.4. The Balaban J connectivity index is 1.76. The number of aromatic nitrogens is 3. The molecule has 2 heterocycles. The number of hydrogen-bond donors (Lipinski definition) is 1. The van der Waals surface area contributed by atoms with Crippen molar-refractivity contribution in [2.45, 2.75) is 66.2 Å². The summed E-state index contributed by atoms with van der Waals surface area (Å²) in [7, 11) is 0. The molecule has 0 atom stereocenters. The van der Waals surface area contributed by atoms with Crippen molar-refractivity contribution in [1.29, 1.82) is 0 Å². The number of fused-ring (bicyclic) bond motifs is 1. The first kappa shape index (κ1) is 29.4. The Hall–Kier alpha value is -4.70. The minimum atomic E-state index is -0.110. The average Bonchev–Trinajstić information content (AvgIpc) is 3.35. The smallest absolute Gasteiger partial charge is 0.149 e. The highest BCUT2D eigenvalue weighted by Crippen LogP contribution is 2.42. The van der Waals surface area contributed by atoms with Crippen molar-refractivity contribution >= 4 is 11.0 Å². The topological polar surface area (TPSA) is 50.9 Å². The van der Waals surface area contributed by atoms with Gasteiger partial charge in [0.1, 0.15) is 11.6 Å². The van der Waals surface area contributed by atoms with E-state index in [1.54, 1.807) is 6.07 Å². The molecule has 4 aromatic carbocycles. The van der Waals surface area contributed by atoms with E-state index >= 15 is 0 Å². The molecule has 0 aliphatic heterocycles. The summed E-state index contributed by atoms with van der Waals surface area (Å²) in [4.78, 5) is 10.1. The molecule has 0 bridgehead atoms. The van der Waals surface area contributed by atoms with Gasteiger partial charge in [-0.15, -0.1) is 0 Å². The number of aryl methyl sites for hydroxylation is 2. The lowest BCUT2D eigenvalue weighted by Crippen LogP contribution is -2.12. The third kappa shape index (κ3) is 5.53. The van der Waals surface area contributed by atoms with Crippen LogP contribution in [-0.2, 0) is 10.8 Å². The van der Waals surface area contributed by atoms with Gasteiger partial charge in [-0.05, 0) is 113 Å². The van der Waals surface area contributed by atoms with Gasteiger partial charge in [0.05, 0.1) is 22.3 Å². The molecular weight excluding hydrogens is 538 g/mol. The molecule has 0 aliphatic rings. The zero-order chi connectivity index (χ0) is 31.4. The van der Waals surface area contributed by atoms with Gasteiger partial charge in [-0.3, -0.25) is 9.55 Å². The third-order valence-electron chi connectivity index (χ3n) is 8.31. The van der Waals surface area contributed by atoms with Crippen molar-refractivity contribution in [1.82, 2.24) is 14.5 Å². The summed E-state index contributed by atoms with van der Waals surface area (Å²) in [5.74, 6) is 0.922. The van der Waals surface area contributed by atoms with Crippen LogP contribution in [0.2, 0.25) is 0 Å². The Morgan fingerprint density at radius 1 is 0.636 bits per heavy atom. The number of pyridine rings is 1. The van der Waals surface area contributed by atoms with Crippen LogP contribution in [0.5, 0.6) is 5.75 Å². The predicted molar refractivity (Wildman–Crippen MR) is 184 cm³/mol. The predicted octanol–water partition coefficient (Wildman–Crippen LogP) is 10.3. The number of aromatic hydroxyl groups is 1. The van der Waals surface area contributed by atoms with Gasteiger partial charge in [0, 0.05) is 23.0 Å². The summed E-state index contributed by atoms with van der Waals surface area (Å²) in [6.07, 6.45) is 1.85. The van der Waals surface area contributed by atoms with Crippen LogP contribution in [0.4, 0.5) is 0 Å². The van der Waals surface area contributed by atoms with Crippen LogP contribution in [0.1, 0.15) is 63.8 Å². The van der Waals surface area contributed by atoms with Gasteiger partial charge in [-0.25, -0.2) is 4.98 Å². The molecule has 0 saturated carbocycles. The fourth-order valence-corrected chi connectivity index (χ4v) is 5.91. The summed E-state index contributed by atoms with van der Waals surface area (Å²) < 4.78 is 2.22. The molecule has 0 fully saturated rings. The first-order valence-electron chi connectivity index (χ1n) is 15.3. The zero-order valence-electron chi connectivity index (χ0n) is 27.0. The number of hydrogen-bond acceptors (Lipinski definition) is 3. The van der Waals surface area contributed by atoms with Gasteiger partial charge >= 0.3 is 0 Å². The quantitative estimate of drug-likeness (QED) is 0.226. The fraction of sp³-hybridized carbons (Fsp3) is 0.250. The highest BCUT2D eigenvalue weighted by Gasteiger charge is 2.25. The maximum atomic E-state index is 11.1. The van der Waals surface area contributed by atoms with Crippen LogP contribution >= 0.6 is 0 Å². The highest BCUT2D eigenvalue weighted by molar-refractivity contribution is 5.97. The van der Waals surface area contributed by atoms with Crippen LogP contribution in [0, 0.1) is 13.8 Å². The molecule has 2 aromatic heterocycles. The lowest BCUT2D eigenvalue weighted by Gasteiger charge is -2.23. The van der Waals surface area contributed by atoms with Crippen molar-refractivity contribution < 1.29 is 5.11 Å². The van der Waals surface area contributed by atoms with E-state index in [1.807, 2.05) is 36.5 Å². The van der Waals surface area contributed by atoms with Crippen molar-refractivity contribution in [2.75, 3.05) is 0 Å². The summed E-state index contributed by atoms with van der Waals surface area (Å²) in [5, 5.41) is 11.1. The lowest BCUT2D eigenvalue weighted by atomic mass is 9.82.